The third-order valence-corrected chi connectivity index (χ3v) is 0. The zero-order chi connectivity index (χ0) is 4.50. The fraction of sp³-hybridized carbons (Fsp3) is 0. The van der Waals surface area contributed by atoms with Gasteiger partial charge in [-0.2, -0.15) is 8.42 Å². The van der Waals surface area contributed by atoms with Gasteiger partial charge in [-0.15, -0.1) is 0 Å². The first kappa shape index (κ1) is 31.6. The van der Waals surface area contributed by atoms with Crippen LogP contribution >= 0.6 is 0 Å². The molecule has 0 unspecified atom stereocenters. The van der Waals surface area contributed by atoms with E-state index in [1.807, 2.05) is 0 Å². The van der Waals surface area contributed by atoms with E-state index in [4.69, 9.17) is 17.5 Å². The molecule has 0 atom stereocenters. The molecular formula is H6O6SWZr. The predicted octanol–water partition coefficient (Wildman–Crippen LogP) is -2.31. The third-order valence-electron chi connectivity index (χ3n) is 0. The summed E-state index contributed by atoms with van der Waals surface area (Å²) in [6, 6.07) is 0. The Bertz CT molecular complexity index is 96.2. The summed E-state index contributed by atoms with van der Waals surface area (Å²) in [5, 5.41) is 0. The maximum absolute atomic E-state index is 8.74. The molecule has 0 rings (SSSR count). The maximum atomic E-state index is 8.74. The fourth-order valence-corrected chi connectivity index (χ4v) is 0. The average Bonchev–Trinajstić information content (AvgIpc) is 0.722. The van der Waals surface area contributed by atoms with E-state index in [0.29, 0.717) is 0 Å². The van der Waals surface area contributed by atoms with Crippen molar-refractivity contribution in [3.05, 3.63) is 0 Å². The molecule has 0 heterocycles. The largest absolute Gasteiger partial charge is 0.412 e. The Balaban J connectivity index is -0.0000000133. The van der Waals surface area contributed by atoms with E-state index >= 15 is 0 Å². The Morgan fingerprint density at radius 2 is 1.00 bits per heavy atom. The van der Waals surface area contributed by atoms with Gasteiger partial charge in [0.25, 0.3) is 0 Å². The SMILES string of the molecule is O.O.O=S(=O)(O)O.[W].[Zr]. The molecule has 0 amide bonds. The summed E-state index contributed by atoms with van der Waals surface area (Å²) in [4.78, 5) is 0. The predicted molar refractivity (Wildman–Crippen MR) is 21.4 cm³/mol. The summed E-state index contributed by atoms with van der Waals surface area (Å²) in [5.41, 5.74) is 0. The molecule has 0 aromatic heterocycles. The topological polar surface area (TPSA) is 138 Å². The molecule has 9 heteroatoms. The zero-order valence-corrected chi connectivity index (χ0v) is 10.2. The molecule has 0 aliphatic heterocycles. The van der Waals surface area contributed by atoms with Crippen molar-refractivity contribution >= 4 is 10.4 Å². The van der Waals surface area contributed by atoms with Crippen molar-refractivity contribution < 1.29 is 75.7 Å². The maximum Gasteiger partial charge on any atom is 0.394 e. The molecule has 9 heavy (non-hydrogen) atoms. The second-order valence-corrected chi connectivity index (χ2v) is 1.34. The van der Waals surface area contributed by atoms with Gasteiger partial charge in [0, 0.05) is 47.3 Å². The van der Waals surface area contributed by atoms with Crippen molar-refractivity contribution in [1.82, 2.24) is 0 Å². The molecule has 58 valence electrons. The van der Waals surface area contributed by atoms with Crippen LogP contribution in [-0.4, -0.2) is 28.5 Å². The fourth-order valence-electron chi connectivity index (χ4n) is 0. The monoisotopic (exact) mass is 408 g/mol. The molecule has 0 aliphatic rings. The summed E-state index contributed by atoms with van der Waals surface area (Å²) < 4.78 is 31.6. The van der Waals surface area contributed by atoms with Crippen LogP contribution in [0.5, 0.6) is 0 Å². The summed E-state index contributed by atoms with van der Waals surface area (Å²) in [5.74, 6) is 0. The van der Waals surface area contributed by atoms with Crippen molar-refractivity contribution in [2.24, 2.45) is 0 Å². The van der Waals surface area contributed by atoms with Crippen LogP contribution < -0.4 is 0 Å². The zero-order valence-electron chi connectivity index (χ0n) is 4.03. The first-order chi connectivity index (χ1) is 2.00. The molecule has 0 aromatic rings. The van der Waals surface area contributed by atoms with Crippen LogP contribution in [0.15, 0.2) is 0 Å². The quantitative estimate of drug-likeness (QED) is 0.435. The van der Waals surface area contributed by atoms with Crippen LogP contribution in [0, 0.1) is 0 Å². The van der Waals surface area contributed by atoms with E-state index in [-0.39, 0.29) is 58.2 Å². The Morgan fingerprint density at radius 3 is 1.00 bits per heavy atom. The molecular weight excluding hydrogens is 403 g/mol. The second kappa shape index (κ2) is 12.1. The Labute approximate surface area is 85.6 Å². The normalized spacial score (nSPS) is 6.44. The van der Waals surface area contributed by atoms with Gasteiger partial charge in [-0.3, -0.25) is 9.11 Å². The molecule has 0 spiro atoms. The number of hydrogen-bond acceptors (Lipinski definition) is 2. The molecule has 6 N–H and O–H groups in total. The van der Waals surface area contributed by atoms with Crippen LogP contribution in [-0.2, 0) is 57.7 Å². The standard InChI is InChI=1S/H2O4S.2H2O.W.Zr/c1-5(2,3)4;;;;/h(H2,1,2,3,4);2*1H2;;. The molecule has 6 nitrogen and oxygen atoms in total. The minimum atomic E-state index is -4.67. The van der Waals surface area contributed by atoms with Crippen LogP contribution in [0.3, 0.4) is 0 Å². The van der Waals surface area contributed by atoms with Crippen molar-refractivity contribution in [2.45, 2.75) is 0 Å². The van der Waals surface area contributed by atoms with E-state index < -0.39 is 10.4 Å². The first-order valence-electron chi connectivity index (χ1n) is 0.698. The summed E-state index contributed by atoms with van der Waals surface area (Å²) in [6.07, 6.45) is 0. The van der Waals surface area contributed by atoms with Crippen LogP contribution in [0.2, 0.25) is 0 Å². The molecule has 0 aromatic carbocycles. The minimum absolute atomic E-state index is 0. The van der Waals surface area contributed by atoms with Crippen molar-refractivity contribution in [2.75, 3.05) is 0 Å². The van der Waals surface area contributed by atoms with Gasteiger partial charge in [0.05, 0.1) is 0 Å². The summed E-state index contributed by atoms with van der Waals surface area (Å²) in [6.45, 7) is 0. The average molecular weight is 409 g/mol. The third kappa shape index (κ3) is 274. The van der Waals surface area contributed by atoms with Crippen LogP contribution in [0.4, 0.5) is 0 Å². The smallest absolute Gasteiger partial charge is 0.394 e. The van der Waals surface area contributed by atoms with E-state index in [1.165, 1.54) is 0 Å². The van der Waals surface area contributed by atoms with Gasteiger partial charge in [0.2, 0.25) is 0 Å². The van der Waals surface area contributed by atoms with Gasteiger partial charge in [-0.1, -0.05) is 0 Å². The van der Waals surface area contributed by atoms with Gasteiger partial charge >= 0.3 is 10.4 Å². The number of rotatable bonds is 0. The van der Waals surface area contributed by atoms with Crippen molar-refractivity contribution in [3.63, 3.8) is 0 Å². The van der Waals surface area contributed by atoms with Gasteiger partial charge in [-0.05, 0) is 0 Å². The van der Waals surface area contributed by atoms with Gasteiger partial charge in [0.1, 0.15) is 0 Å². The Kier molecular flexibility index (Phi) is 42.4. The molecule has 0 saturated heterocycles. The summed E-state index contributed by atoms with van der Waals surface area (Å²) >= 11 is 0. The second-order valence-electron chi connectivity index (χ2n) is 0.448. The van der Waals surface area contributed by atoms with E-state index in [1.54, 1.807) is 0 Å². The van der Waals surface area contributed by atoms with Crippen molar-refractivity contribution in [1.29, 1.82) is 0 Å². The van der Waals surface area contributed by atoms with E-state index in [0.717, 1.165) is 0 Å². The number of hydrogen-bond donors (Lipinski definition) is 2. The van der Waals surface area contributed by atoms with Gasteiger partial charge in [-0.25, -0.2) is 0 Å². The van der Waals surface area contributed by atoms with Crippen LogP contribution in [0.25, 0.3) is 0 Å². The molecule has 0 radical (unpaired) electrons. The first-order valence-corrected chi connectivity index (χ1v) is 2.10. The molecule has 0 saturated carbocycles. The molecule has 0 fully saturated rings. The van der Waals surface area contributed by atoms with Gasteiger partial charge in [0.15, 0.2) is 0 Å². The van der Waals surface area contributed by atoms with Crippen molar-refractivity contribution in [3.8, 4) is 0 Å². The summed E-state index contributed by atoms with van der Waals surface area (Å²) in [7, 11) is -4.67. The minimum Gasteiger partial charge on any atom is -0.412 e. The van der Waals surface area contributed by atoms with E-state index in [2.05, 4.69) is 0 Å². The molecule has 0 aliphatic carbocycles. The Hall–Kier alpha value is 1.36. The Morgan fingerprint density at radius 1 is 1.00 bits per heavy atom. The van der Waals surface area contributed by atoms with Gasteiger partial charge < -0.3 is 11.0 Å². The van der Waals surface area contributed by atoms with E-state index in [9.17, 15) is 0 Å². The molecule has 0 bridgehead atoms. The van der Waals surface area contributed by atoms with Crippen LogP contribution in [0.1, 0.15) is 0 Å².